The lowest BCUT2D eigenvalue weighted by Gasteiger charge is -2.26. The Morgan fingerprint density at radius 1 is 1.12 bits per heavy atom. The van der Waals surface area contributed by atoms with Gasteiger partial charge in [-0.15, -0.1) is 0 Å². The molecule has 2 amide bonds. The highest BCUT2D eigenvalue weighted by molar-refractivity contribution is 6.06. The van der Waals surface area contributed by atoms with Gasteiger partial charge in [0.1, 0.15) is 5.75 Å². The number of fused-ring (bicyclic) bond motifs is 1. The van der Waals surface area contributed by atoms with Crippen LogP contribution in [0.5, 0.6) is 17.2 Å². The Balaban J connectivity index is 1.83. The van der Waals surface area contributed by atoms with Gasteiger partial charge in [0.25, 0.3) is 11.8 Å². The summed E-state index contributed by atoms with van der Waals surface area (Å²) in [6.45, 7) is 0.000681. The Hall–Kier alpha value is -3.22. The zero-order chi connectivity index (χ0) is 18.0. The number of benzene rings is 2. The summed E-state index contributed by atoms with van der Waals surface area (Å²) in [5.74, 6) is 1.20. The van der Waals surface area contributed by atoms with Crippen LogP contribution >= 0.6 is 0 Å². The summed E-state index contributed by atoms with van der Waals surface area (Å²) >= 11 is 0. The molecule has 130 valence electrons. The molecule has 3 rings (SSSR count). The second-order valence-electron chi connectivity index (χ2n) is 5.45. The number of hydrogen-bond donors (Lipinski definition) is 1. The molecule has 0 spiro atoms. The van der Waals surface area contributed by atoms with E-state index in [1.807, 2.05) is 0 Å². The summed E-state index contributed by atoms with van der Waals surface area (Å²) in [5, 5.41) is 2.80. The number of methoxy groups -OCH3 is 2. The molecule has 0 saturated heterocycles. The summed E-state index contributed by atoms with van der Waals surface area (Å²) in [6.07, 6.45) is 0. The van der Waals surface area contributed by atoms with Crippen LogP contribution in [0.25, 0.3) is 0 Å². The van der Waals surface area contributed by atoms with Crippen LogP contribution in [0.2, 0.25) is 0 Å². The lowest BCUT2D eigenvalue weighted by Crippen LogP contribution is -2.35. The van der Waals surface area contributed by atoms with Gasteiger partial charge >= 0.3 is 0 Å². The highest BCUT2D eigenvalue weighted by atomic mass is 16.5. The molecule has 0 bridgehead atoms. The van der Waals surface area contributed by atoms with Crippen LogP contribution in [0.4, 0.5) is 11.4 Å². The molecule has 0 atom stereocenters. The van der Waals surface area contributed by atoms with Crippen molar-refractivity contribution in [3.63, 3.8) is 0 Å². The Morgan fingerprint density at radius 3 is 2.60 bits per heavy atom. The van der Waals surface area contributed by atoms with Crippen molar-refractivity contribution in [3.05, 3.63) is 42.0 Å². The zero-order valence-electron chi connectivity index (χ0n) is 14.2. The summed E-state index contributed by atoms with van der Waals surface area (Å²) in [7, 11) is 4.72. The van der Waals surface area contributed by atoms with Gasteiger partial charge in [-0.3, -0.25) is 9.59 Å². The fourth-order valence-electron chi connectivity index (χ4n) is 2.53. The third kappa shape index (κ3) is 3.21. The number of ether oxygens (including phenoxy) is 3. The maximum Gasteiger partial charge on any atom is 0.264 e. The summed E-state index contributed by atoms with van der Waals surface area (Å²) in [6, 6.07) is 10.1. The molecule has 1 aliphatic heterocycles. The van der Waals surface area contributed by atoms with Crippen LogP contribution in [0.1, 0.15) is 10.4 Å². The molecule has 0 unspecified atom stereocenters. The van der Waals surface area contributed by atoms with Crippen molar-refractivity contribution in [2.24, 2.45) is 0 Å². The van der Waals surface area contributed by atoms with Gasteiger partial charge in [-0.25, -0.2) is 0 Å². The summed E-state index contributed by atoms with van der Waals surface area (Å²) in [4.78, 5) is 25.7. The van der Waals surface area contributed by atoms with Crippen molar-refractivity contribution in [2.45, 2.75) is 0 Å². The van der Waals surface area contributed by atoms with Gasteiger partial charge in [0.15, 0.2) is 18.1 Å². The van der Waals surface area contributed by atoms with E-state index in [4.69, 9.17) is 14.2 Å². The van der Waals surface area contributed by atoms with Crippen molar-refractivity contribution in [1.29, 1.82) is 0 Å². The van der Waals surface area contributed by atoms with Crippen molar-refractivity contribution in [1.82, 2.24) is 0 Å². The first kappa shape index (κ1) is 16.6. The van der Waals surface area contributed by atoms with Gasteiger partial charge in [0.2, 0.25) is 0 Å². The SMILES string of the molecule is COc1ccc(NC(=O)c2ccc3c(c2)N(C)C(=O)CO3)cc1OC. The standard InChI is InChI=1S/C18H18N2O5/c1-20-13-8-11(4-6-14(13)25-10-17(20)21)18(22)19-12-5-7-15(23-2)16(9-12)24-3/h4-9H,10H2,1-3H3,(H,19,22). The molecule has 0 radical (unpaired) electrons. The fraction of sp³-hybridized carbons (Fsp3) is 0.222. The summed E-state index contributed by atoms with van der Waals surface area (Å²) < 4.78 is 15.8. The first-order valence-corrected chi connectivity index (χ1v) is 7.60. The Kier molecular flexibility index (Phi) is 4.47. The van der Waals surface area contributed by atoms with Gasteiger partial charge < -0.3 is 24.4 Å². The van der Waals surface area contributed by atoms with E-state index in [-0.39, 0.29) is 18.4 Å². The molecular formula is C18H18N2O5. The number of carbonyl (C=O) groups excluding carboxylic acids is 2. The Morgan fingerprint density at radius 2 is 1.88 bits per heavy atom. The third-order valence-electron chi connectivity index (χ3n) is 3.95. The molecule has 0 fully saturated rings. The molecule has 7 nitrogen and oxygen atoms in total. The van der Waals surface area contributed by atoms with Gasteiger partial charge in [0.05, 0.1) is 19.9 Å². The van der Waals surface area contributed by atoms with E-state index in [0.717, 1.165) is 0 Å². The molecule has 1 heterocycles. The highest BCUT2D eigenvalue weighted by Crippen LogP contribution is 2.33. The maximum absolute atomic E-state index is 12.5. The lowest BCUT2D eigenvalue weighted by atomic mass is 10.1. The number of anilines is 2. The Labute approximate surface area is 145 Å². The maximum atomic E-state index is 12.5. The van der Waals surface area contributed by atoms with Crippen LogP contribution in [-0.2, 0) is 4.79 Å². The van der Waals surface area contributed by atoms with E-state index in [0.29, 0.717) is 34.2 Å². The minimum atomic E-state index is -0.304. The van der Waals surface area contributed by atoms with Crippen LogP contribution in [-0.4, -0.2) is 39.7 Å². The number of carbonyl (C=O) groups is 2. The summed E-state index contributed by atoms with van der Waals surface area (Å²) in [5.41, 5.74) is 1.55. The molecule has 7 heteroatoms. The monoisotopic (exact) mass is 342 g/mol. The van der Waals surface area contributed by atoms with E-state index < -0.39 is 0 Å². The fourth-order valence-corrected chi connectivity index (χ4v) is 2.53. The molecule has 25 heavy (non-hydrogen) atoms. The largest absolute Gasteiger partial charge is 0.493 e. The van der Waals surface area contributed by atoms with Crippen LogP contribution in [0, 0.1) is 0 Å². The van der Waals surface area contributed by atoms with Crippen molar-refractivity contribution >= 4 is 23.2 Å². The van der Waals surface area contributed by atoms with Crippen LogP contribution < -0.4 is 24.4 Å². The normalized spacial score (nSPS) is 12.9. The smallest absolute Gasteiger partial charge is 0.264 e. The topological polar surface area (TPSA) is 77.1 Å². The van der Waals surface area contributed by atoms with E-state index in [1.165, 1.54) is 12.0 Å². The van der Waals surface area contributed by atoms with Gasteiger partial charge in [-0.2, -0.15) is 0 Å². The number of hydrogen-bond acceptors (Lipinski definition) is 5. The Bertz CT molecular complexity index is 834. The molecule has 0 aliphatic carbocycles. The first-order valence-electron chi connectivity index (χ1n) is 7.60. The molecule has 0 saturated carbocycles. The molecular weight excluding hydrogens is 324 g/mol. The van der Waals surface area contributed by atoms with E-state index in [1.54, 1.807) is 50.6 Å². The lowest BCUT2D eigenvalue weighted by molar-refractivity contribution is -0.120. The van der Waals surface area contributed by atoms with Crippen molar-refractivity contribution in [2.75, 3.05) is 38.1 Å². The molecule has 1 N–H and O–H groups in total. The molecule has 2 aromatic rings. The number of nitrogens with one attached hydrogen (secondary N) is 1. The number of rotatable bonds is 4. The molecule has 0 aromatic heterocycles. The quantitative estimate of drug-likeness (QED) is 0.923. The van der Waals surface area contributed by atoms with Gasteiger partial charge in [-0.05, 0) is 30.3 Å². The number of nitrogens with zero attached hydrogens (tertiary/aromatic N) is 1. The molecule has 2 aromatic carbocycles. The average Bonchev–Trinajstić information content (AvgIpc) is 2.64. The predicted molar refractivity (Wildman–Crippen MR) is 92.8 cm³/mol. The van der Waals surface area contributed by atoms with Gasteiger partial charge in [-0.1, -0.05) is 0 Å². The van der Waals surface area contributed by atoms with E-state index in [2.05, 4.69) is 5.32 Å². The van der Waals surface area contributed by atoms with E-state index in [9.17, 15) is 9.59 Å². The van der Waals surface area contributed by atoms with Crippen LogP contribution in [0.15, 0.2) is 36.4 Å². The van der Waals surface area contributed by atoms with Gasteiger partial charge in [0, 0.05) is 24.4 Å². The predicted octanol–water partition coefficient (Wildman–Crippen LogP) is 2.31. The zero-order valence-corrected chi connectivity index (χ0v) is 14.2. The van der Waals surface area contributed by atoms with E-state index >= 15 is 0 Å². The van der Waals surface area contributed by atoms with Crippen LogP contribution in [0.3, 0.4) is 0 Å². The number of amides is 2. The van der Waals surface area contributed by atoms with Crippen molar-refractivity contribution in [3.8, 4) is 17.2 Å². The minimum absolute atomic E-state index is 0.000681. The second kappa shape index (κ2) is 6.72. The highest BCUT2D eigenvalue weighted by Gasteiger charge is 2.23. The minimum Gasteiger partial charge on any atom is -0.493 e. The molecule has 1 aliphatic rings. The average molecular weight is 342 g/mol. The van der Waals surface area contributed by atoms with Crippen molar-refractivity contribution < 1.29 is 23.8 Å². The first-order chi connectivity index (χ1) is 12.0. The number of likely N-dealkylation sites (N-methyl/N-ethyl adjacent to an activating group) is 1. The second-order valence-corrected chi connectivity index (χ2v) is 5.45. The third-order valence-corrected chi connectivity index (χ3v) is 3.95.